The second-order valence-corrected chi connectivity index (χ2v) is 3.31. The maximum absolute atomic E-state index is 13.7. The van der Waals surface area contributed by atoms with E-state index in [-0.39, 0.29) is 22.9 Å². The average molecular weight is 225 g/mol. The third-order valence-corrected chi connectivity index (χ3v) is 2.23. The van der Waals surface area contributed by atoms with Crippen molar-refractivity contribution in [2.24, 2.45) is 0 Å². The summed E-state index contributed by atoms with van der Waals surface area (Å²) in [5.41, 5.74) is 5.30. The van der Waals surface area contributed by atoms with Crippen LogP contribution in [0.25, 0.3) is 11.4 Å². The highest BCUT2D eigenvalue weighted by molar-refractivity contribution is 5.60. The van der Waals surface area contributed by atoms with E-state index in [1.54, 1.807) is 0 Å². The van der Waals surface area contributed by atoms with E-state index in [2.05, 4.69) is 10.2 Å². The molecule has 1 aromatic heterocycles. The van der Waals surface area contributed by atoms with Crippen molar-refractivity contribution < 1.29 is 8.78 Å². The summed E-state index contributed by atoms with van der Waals surface area (Å²) in [6.45, 7) is 1.51. The van der Waals surface area contributed by atoms with Gasteiger partial charge in [0.15, 0.2) is 5.82 Å². The zero-order valence-electron chi connectivity index (χ0n) is 8.41. The first kappa shape index (κ1) is 10.3. The van der Waals surface area contributed by atoms with Gasteiger partial charge in [-0.15, -0.1) is 10.2 Å². The lowest BCUT2D eigenvalue weighted by Gasteiger charge is -2.06. The first-order chi connectivity index (χ1) is 7.52. The topological polar surface area (TPSA) is 82.8 Å². The molecule has 0 fully saturated rings. The largest absolute Gasteiger partial charge is 0.366 e. The Morgan fingerprint density at radius 2 is 1.94 bits per heavy atom. The number of benzene rings is 1. The molecule has 16 heavy (non-hydrogen) atoms. The molecule has 5 nitrogen and oxygen atoms in total. The van der Waals surface area contributed by atoms with Crippen LogP contribution in [0.4, 0.5) is 14.7 Å². The summed E-state index contributed by atoms with van der Waals surface area (Å²) < 4.78 is 28.0. The molecule has 0 bridgehead atoms. The van der Waals surface area contributed by atoms with E-state index >= 15 is 0 Å². The van der Waals surface area contributed by atoms with Crippen LogP contribution in [0.15, 0.2) is 12.1 Å². The van der Waals surface area contributed by atoms with Crippen LogP contribution in [0.3, 0.4) is 0 Å². The van der Waals surface area contributed by atoms with Crippen LogP contribution in [-0.2, 0) is 0 Å². The number of anilines is 1. The van der Waals surface area contributed by atoms with Crippen LogP contribution < -0.4 is 11.6 Å². The molecule has 0 saturated heterocycles. The van der Waals surface area contributed by atoms with Crippen LogP contribution in [0.2, 0.25) is 0 Å². The van der Waals surface area contributed by atoms with E-state index in [1.807, 2.05) is 0 Å². The van der Waals surface area contributed by atoms with Gasteiger partial charge in [0, 0.05) is 0 Å². The summed E-state index contributed by atoms with van der Waals surface area (Å²) in [5, 5.41) is 6.97. The molecule has 1 aromatic carbocycles. The average Bonchev–Trinajstić information content (AvgIpc) is 2.56. The second-order valence-electron chi connectivity index (χ2n) is 3.31. The fourth-order valence-electron chi connectivity index (χ4n) is 1.34. The van der Waals surface area contributed by atoms with Gasteiger partial charge in [0.25, 0.3) is 0 Å². The fraction of sp³-hybridized carbons (Fsp3) is 0.111. The fourth-order valence-corrected chi connectivity index (χ4v) is 1.34. The van der Waals surface area contributed by atoms with Gasteiger partial charge in [-0.3, -0.25) is 0 Å². The van der Waals surface area contributed by atoms with Crippen molar-refractivity contribution in [2.45, 2.75) is 6.92 Å². The summed E-state index contributed by atoms with van der Waals surface area (Å²) in [6, 6.07) is 2.47. The van der Waals surface area contributed by atoms with Crippen LogP contribution in [0.5, 0.6) is 0 Å². The second kappa shape index (κ2) is 3.44. The lowest BCUT2D eigenvalue weighted by molar-refractivity contribution is 0.580. The van der Waals surface area contributed by atoms with Crippen LogP contribution >= 0.6 is 0 Å². The number of nitrogen functional groups attached to an aromatic ring is 2. The molecule has 0 aliphatic carbocycles. The predicted octanol–water partition coefficient (Wildman–Crippen LogP) is 0.828. The van der Waals surface area contributed by atoms with Gasteiger partial charge in [0.1, 0.15) is 11.6 Å². The molecular weight excluding hydrogens is 216 g/mol. The number of nitrogens with two attached hydrogens (primary N) is 2. The number of hydrogen-bond acceptors (Lipinski definition) is 4. The highest BCUT2D eigenvalue weighted by Crippen LogP contribution is 2.26. The molecule has 0 saturated carbocycles. The summed E-state index contributed by atoms with van der Waals surface area (Å²) in [6.07, 6.45) is 0. The minimum absolute atomic E-state index is 0.115. The van der Waals surface area contributed by atoms with Crippen molar-refractivity contribution in [3.8, 4) is 11.4 Å². The Morgan fingerprint density at radius 1 is 1.25 bits per heavy atom. The number of aryl methyl sites for hydroxylation is 1. The lowest BCUT2D eigenvalue weighted by atomic mass is 10.1. The van der Waals surface area contributed by atoms with E-state index in [0.717, 1.165) is 10.7 Å². The smallest absolute Gasteiger partial charge is 0.241 e. The number of halogens is 2. The van der Waals surface area contributed by atoms with Crippen LogP contribution in [0, 0.1) is 18.6 Å². The molecule has 0 aliphatic heterocycles. The molecule has 2 aromatic rings. The third-order valence-electron chi connectivity index (χ3n) is 2.23. The Morgan fingerprint density at radius 3 is 2.50 bits per heavy atom. The molecular formula is C9H9F2N5. The monoisotopic (exact) mass is 225 g/mol. The van der Waals surface area contributed by atoms with Crippen LogP contribution in [0.1, 0.15) is 5.56 Å². The zero-order chi connectivity index (χ0) is 11.9. The van der Waals surface area contributed by atoms with Gasteiger partial charge in [0.05, 0.1) is 5.56 Å². The molecule has 2 rings (SSSR count). The Kier molecular flexibility index (Phi) is 2.22. The van der Waals surface area contributed by atoms with Gasteiger partial charge < -0.3 is 11.6 Å². The molecule has 0 unspecified atom stereocenters. The maximum Gasteiger partial charge on any atom is 0.241 e. The quantitative estimate of drug-likeness (QED) is 0.704. The Bertz CT molecular complexity index is 549. The van der Waals surface area contributed by atoms with E-state index in [9.17, 15) is 8.78 Å². The van der Waals surface area contributed by atoms with Gasteiger partial charge in [0.2, 0.25) is 5.95 Å². The molecule has 0 atom stereocenters. The normalized spacial score (nSPS) is 10.7. The number of hydrogen-bond donors (Lipinski definition) is 2. The zero-order valence-corrected chi connectivity index (χ0v) is 8.41. The Balaban J connectivity index is 2.73. The summed E-state index contributed by atoms with van der Waals surface area (Å²) >= 11 is 0. The van der Waals surface area contributed by atoms with Gasteiger partial charge in [-0.25, -0.2) is 13.5 Å². The Labute approximate surface area is 89.7 Å². The molecule has 84 valence electrons. The standard InChI is InChI=1S/C9H9F2N5/c1-4-2-3-5(10)6(7(4)11)8-14-15-9(12)16(8)13/h2-3H,13H2,1H3,(H2,12,15). The minimum Gasteiger partial charge on any atom is -0.366 e. The molecule has 0 amide bonds. The highest BCUT2D eigenvalue weighted by Gasteiger charge is 2.19. The van der Waals surface area contributed by atoms with Crippen molar-refractivity contribution in [2.75, 3.05) is 11.6 Å². The lowest BCUT2D eigenvalue weighted by Crippen LogP contribution is -2.14. The van der Waals surface area contributed by atoms with Crippen molar-refractivity contribution >= 4 is 5.95 Å². The Hall–Kier alpha value is -2.18. The van der Waals surface area contributed by atoms with Crippen molar-refractivity contribution in [3.63, 3.8) is 0 Å². The summed E-state index contributed by atoms with van der Waals surface area (Å²) in [5.74, 6) is 3.71. The highest BCUT2D eigenvalue weighted by atomic mass is 19.1. The maximum atomic E-state index is 13.7. The van der Waals surface area contributed by atoms with E-state index in [4.69, 9.17) is 11.6 Å². The minimum atomic E-state index is -0.762. The third kappa shape index (κ3) is 1.37. The van der Waals surface area contributed by atoms with Gasteiger partial charge in [-0.2, -0.15) is 0 Å². The van der Waals surface area contributed by atoms with Crippen molar-refractivity contribution in [1.29, 1.82) is 0 Å². The molecule has 0 radical (unpaired) electrons. The first-order valence-corrected chi connectivity index (χ1v) is 4.43. The molecule has 1 heterocycles. The number of nitrogens with zero attached hydrogens (tertiary/aromatic N) is 3. The summed E-state index contributed by atoms with van der Waals surface area (Å²) in [4.78, 5) is 0. The van der Waals surface area contributed by atoms with Crippen LogP contribution in [-0.4, -0.2) is 14.9 Å². The van der Waals surface area contributed by atoms with E-state index in [0.29, 0.717) is 0 Å². The van der Waals surface area contributed by atoms with Crippen molar-refractivity contribution in [1.82, 2.24) is 14.9 Å². The SMILES string of the molecule is Cc1ccc(F)c(-c2nnc(N)n2N)c1F. The van der Waals surface area contributed by atoms with Gasteiger partial charge >= 0.3 is 0 Å². The van der Waals surface area contributed by atoms with Gasteiger partial charge in [-0.1, -0.05) is 6.07 Å². The number of aromatic nitrogens is 3. The first-order valence-electron chi connectivity index (χ1n) is 4.43. The molecule has 0 spiro atoms. The van der Waals surface area contributed by atoms with Gasteiger partial charge in [-0.05, 0) is 18.6 Å². The molecule has 7 heteroatoms. The summed E-state index contributed by atoms with van der Waals surface area (Å²) in [7, 11) is 0. The predicted molar refractivity (Wildman–Crippen MR) is 54.7 cm³/mol. The molecule has 0 aliphatic rings. The number of rotatable bonds is 1. The van der Waals surface area contributed by atoms with Crippen molar-refractivity contribution in [3.05, 3.63) is 29.3 Å². The van der Waals surface area contributed by atoms with E-state index < -0.39 is 11.6 Å². The van der Waals surface area contributed by atoms with E-state index in [1.165, 1.54) is 13.0 Å². The molecule has 4 N–H and O–H groups in total.